The van der Waals surface area contributed by atoms with Gasteiger partial charge in [0.1, 0.15) is 0 Å². The van der Waals surface area contributed by atoms with E-state index in [2.05, 4.69) is 6.58 Å². The molecule has 0 spiro atoms. The molecule has 0 aliphatic heterocycles. The highest BCUT2D eigenvalue weighted by molar-refractivity contribution is 6.39. The highest BCUT2D eigenvalue weighted by Gasteiger charge is 2.29. The second-order valence-electron chi connectivity index (χ2n) is 4.17. The first-order valence-corrected chi connectivity index (χ1v) is 6.01. The minimum Gasteiger partial charge on any atom is -0.121 e. The van der Waals surface area contributed by atoms with Crippen molar-refractivity contribution in [3.63, 3.8) is 0 Å². The zero-order chi connectivity index (χ0) is 11.6. The van der Waals surface area contributed by atoms with Crippen molar-refractivity contribution in [3.05, 3.63) is 11.6 Å². The summed E-state index contributed by atoms with van der Waals surface area (Å²) in [5.74, 6) is 0. The molecule has 0 heterocycles. The van der Waals surface area contributed by atoms with Gasteiger partial charge in [0.25, 0.3) is 0 Å². The van der Waals surface area contributed by atoms with Gasteiger partial charge in [0.2, 0.25) is 0 Å². The van der Waals surface area contributed by atoms with Gasteiger partial charge in [-0.25, -0.2) is 0 Å². The summed E-state index contributed by atoms with van der Waals surface area (Å²) in [4.78, 5) is -1.03. The molecular weight excluding hydrogens is 262 g/mol. The maximum Gasteiger partial charge on any atom is 0.0767 e. The zero-order valence-electron chi connectivity index (χ0n) is 8.71. The highest BCUT2D eigenvalue weighted by atomic mass is 35.5. The number of hydrogen-bond acceptors (Lipinski definition) is 0. The maximum atomic E-state index is 6.13. The molecule has 4 heteroatoms. The van der Waals surface area contributed by atoms with Gasteiger partial charge < -0.3 is 0 Å². The molecule has 0 aromatic carbocycles. The van der Waals surface area contributed by atoms with Crippen LogP contribution in [0.2, 0.25) is 0 Å². The Hall–Kier alpha value is 0.900. The second kappa shape index (κ2) is 5.30. The summed E-state index contributed by atoms with van der Waals surface area (Å²) in [6.07, 6.45) is 1.38. The fourth-order valence-corrected chi connectivity index (χ4v) is 1.30. The predicted octanol–water partition coefficient (Wildman–Crippen LogP) is 5.14. The standard InChI is InChI=1S/C10H16Cl4/c1-7(11)10(4,14)6-5-8(12)9(2,3)13/h8H,1,5-6H2,2-4H3/t8-,10+/m0/s1. The molecule has 0 saturated carbocycles. The van der Waals surface area contributed by atoms with Gasteiger partial charge in [-0.2, -0.15) is 0 Å². The van der Waals surface area contributed by atoms with Gasteiger partial charge in [0.15, 0.2) is 0 Å². The molecule has 0 fully saturated rings. The van der Waals surface area contributed by atoms with E-state index in [1.54, 1.807) is 0 Å². The molecule has 0 aromatic heterocycles. The normalized spacial score (nSPS) is 18.8. The number of allylic oxidation sites excluding steroid dienone is 1. The first-order chi connectivity index (χ1) is 6.07. The minimum atomic E-state index is -0.600. The third-order valence-corrected chi connectivity index (χ3v) is 4.25. The summed E-state index contributed by atoms with van der Waals surface area (Å²) >= 11 is 24.1. The Morgan fingerprint density at radius 3 is 2.00 bits per heavy atom. The third kappa shape index (κ3) is 5.11. The molecule has 0 N–H and O–H groups in total. The molecule has 0 aromatic rings. The first kappa shape index (κ1) is 14.9. The van der Waals surface area contributed by atoms with Crippen LogP contribution in [0.3, 0.4) is 0 Å². The van der Waals surface area contributed by atoms with Crippen molar-refractivity contribution in [2.24, 2.45) is 0 Å². The van der Waals surface area contributed by atoms with Gasteiger partial charge in [0, 0.05) is 5.03 Å². The minimum absolute atomic E-state index is 0.127. The van der Waals surface area contributed by atoms with E-state index in [1.807, 2.05) is 20.8 Å². The molecule has 0 nitrogen and oxygen atoms in total. The van der Waals surface area contributed by atoms with Crippen molar-refractivity contribution in [2.75, 3.05) is 0 Å². The maximum absolute atomic E-state index is 6.13. The van der Waals surface area contributed by atoms with E-state index in [-0.39, 0.29) is 5.38 Å². The van der Waals surface area contributed by atoms with Crippen LogP contribution in [0.1, 0.15) is 33.6 Å². The van der Waals surface area contributed by atoms with Crippen molar-refractivity contribution in [1.29, 1.82) is 0 Å². The lowest BCUT2D eigenvalue weighted by atomic mass is 9.98. The van der Waals surface area contributed by atoms with Crippen LogP contribution < -0.4 is 0 Å². The van der Waals surface area contributed by atoms with E-state index < -0.39 is 9.75 Å². The first-order valence-electron chi connectivity index (χ1n) is 4.44. The SMILES string of the molecule is C=C(Cl)[C@](C)(Cl)CC[C@H](Cl)C(C)(C)Cl. The number of halogens is 4. The van der Waals surface area contributed by atoms with Crippen molar-refractivity contribution >= 4 is 46.4 Å². The topological polar surface area (TPSA) is 0 Å². The highest BCUT2D eigenvalue weighted by Crippen LogP contribution is 2.35. The Balaban J connectivity index is 4.13. The Morgan fingerprint density at radius 1 is 1.29 bits per heavy atom. The lowest BCUT2D eigenvalue weighted by Gasteiger charge is -2.27. The van der Waals surface area contributed by atoms with Crippen molar-refractivity contribution < 1.29 is 0 Å². The Morgan fingerprint density at radius 2 is 1.71 bits per heavy atom. The van der Waals surface area contributed by atoms with Crippen molar-refractivity contribution in [3.8, 4) is 0 Å². The average Bonchev–Trinajstić information content (AvgIpc) is 1.98. The van der Waals surface area contributed by atoms with Gasteiger partial charge in [-0.1, -0.05) is 18.2 Å². The van der Waals surface area contributed by atoms with E-state index >= 15 is 0 Å². The van der Waals surface area contributed by atoms with Crippen molar-refractivity contribution in [2.45, 2.75) is 48.7 Å². The van der Waals surface area contributed by atoms with Crippen LogP contribution >= 0.6 is 46.4 Å². The van der Waals surface area contributed by atoms with E-state index in [0.29, 0.717) is 17.9 Å². The number of hydrogen-bond donors (Lipinski definition) is 0. The van der Waals surface area contributed by atoms with Gasteiger partial charge in [-0.15, -0.1) is 34.8 Å². The predicted molar refractivity (Wildman–Crippen MR) is 68.1 cm³/mol. The molecular formula is C10H16Cl4. The summed E-state index contributed by atoms with van der Waals surface area (Å²) in [7, 11) is 0. The van der Waals surface area contributed by atoms with Gasteiger partial charge in [0.05, 0.1) is 15.1 Å². The average molecular weight is 278 g/mol. The lowest BCUT2D eigenvalue weighted by Crippen LogP contribution is -2.28. The van der Waals surface area contributed by atoms with Crippen LogP contribution in [0.25, 0.3) is 0 Å². The van der Waals surface area contributed by atoms with E-state index in [9.17, 15) is 0 Å². The molecule has 14 heavy (non-hydrogen) atoms. The molecule has 2 atom stereocenters. The van der Waals surface area contributed by atoms with Crippen LogP contribution in [0, 0.1) is 0 Å². The number of rotatable bonds is 5. The monoisotopic (exact) mass is 276 g/mol. The molecule has 0 rings (SSSR count). The molecule has 0 unspecified atom stereocenters. The van der Waals surface area contributed by atoms with Gasteiger partial charge in [-0.3, -0.25) is 0 Å². The zero-order valence-corrected chi connectivity index (χ0v) is 11.7. The lowest BCUT2D eigenvalue weighted by molar-refractivity contribution is 0.543. The van der Waals surface area contributed by atoms with Crippen LogP contribution in [0.4, 0.5) is 0 Å². The summed E-state index contributed by atoms with van der Waals surface area (Å²) in [5.41, 5.74) is 0. The summed E-state index contributed by atoms with van der Waals surface area (Å²) in [5, 5.41) is 0.314. The largest absolute Gasteiger partial charge is 0.121 e. The van der Waals surface area contributed by atoms with E-state index in [4.69, 9.17) is 46.4 Å². The summed E-state index contributed by atoms with van der Waals surface area (Å²) < 4.78 is 0. The Bertz CT molecular complexity index is 203. The molecule has 0 saturated heterocycles. The van der Waals surface area contributed by atoms with Crippen molar-refractivity contribution in [1.82, 2.24) is 0 Å². The quantitative estimate of drug-likeness (QED) is 0.611. The second-order valence-corrected chi connectivity index (χ2v) is 6.96. The fourth-order valence-electron chi connectivity index (χ4n) is 0.877. The van der Waals surface area contributed by atoms with Crippen LogP contribution in [0.15, 0.2) is 11.6 Å². The van der Waals surface area contributed by atoms with Crippen LogP contribution in [-0.4, -0.2) is 15.1 Å². The summed E-state index contributed by atoms with van der Waals surface area (Å²) in [6.45, 7) is 9.22. The fraction of sp³-hybridized carbons (Fsp3) is 0.800. The number of alkyl halides is 3. The van der Waals surface area contributed by atoms with Gasteiger partial charge >= 0.3 is 0 Å². The molecule has 0 aliphatic carbocycles. The van der Waals surface area contributed by atoms with E-state index in [1.165, 1.54) is 0 Å². The Kier molecular flexibility index (Phi) is 5.64. The molecule has 0 radical (unpaired) electrons. The molecule has 0 bridgehead atoms. The summed E-state index contributed by atoms with van der Waals surface area (Å²) in [6, 6.07) is 0. The Labute approximate surface area is 107 Å². The molecule has 0 aliphatic rings. The smallest absolute Gasteiger partial charge is 0.0767 e. The third-order valence-electron chi connectivity index (χ3n) is 2.18. The molecule has 0 amide bonds. The van der Waals surface area contributed by atoms with Gasteiger partial charge in [-0.05, 0) is 33.6 Å². The van der Waals surface area contributed by atoms with Crippen LogP contribution in [0.5, 0.6) is 0 Å². The van der Waals surface area contributed by atoms with E-state index in [0.717, 1.165) is 0 Å². The molecule has 84 valence electrons. The van der Waals surface area contributed by atoms with Crippen LogP contribution in [-0.2, 0) is 0 Å².